The summed E-state index contributed by atoms with van der Waals surface area (Å²) < 4.78 is 1.93. The van der Waals surface area contributed by atoms with Crippen molar-refractivity contribution in [3.8, 4) is 0 Å². The Morgan fingerprint density at radius 1 is 1.30 bits per heavy atom. The SMILES string of the molecule is Cc1c(CNC(C)c2ccc3c(c2)CCC3)cnn1C. The average Bonchev–Trinajstić information content (AvgIpc) is 3.04. The summed E-state index contributed by atoms with van der Waals surface area (Å²) in [4.78, 5) is 0. The van der Waals surface area contributed by atoms with E-state index in [2.05, 4.69) is 42.5 Å². The zero-order chi connectivity index (χ0) is 14.1. The quantitative estimate of drug-likeness (QED) is 0.924. The third kappa shape index (κ3) is 2.50. The smallest absolute Gasteiger partial charge is 0.0537 e. The molecule has 20 heavy (non-hydrogen) atoms. The zero-order valence-corrected chi connectivity index (χ0v) is 12.6. The molecule has 0 aliphatic heterocycles. The normalized spacial score (nSPS) is 15.3. The van der Waals surface area contributed by atoms with Crippen molar-refractivity contribution in [1.29, 1.82) is 0 Å². The molecule has 0 saturated heterocycles. The van der Waals surface area contributed by atoms with Gasteiger partial charge >= 0.3 is 0 Å². The summed E-state index contributed by atoms with van der Waals surface area (Å²) in [6.07, 6.45) is 5.77. The first-order chi connectivity index (χ1) is 9.65. The van der Waals surface area contributed by atoms with E-state index in [1.807, 2.05) is 17.9 Å². The van der Waals surface area contributed by atoms with Gasteiger partial charge in [0.1, 0.15) is 0 Å². The molecule has 1 unspecified atom stereocenters. The molecule has 3 heteroatoms. The van der Waals surface area contributed by atoms with E-state index >= 15 is 0 Å². The maximum absolute atomic E-state index is 4.29. The van der Waals surface area contributed by atoms with Gasteiger partial charge in [-0.3, -0.25) is 4.68 Å². The van der Waals surface area contributed by atoms with Crippen molar-refractivity contribution in [2.75, 3.05) is 0 Å². The minimum absolute atomic E-state index is 0.375. The van der Waals surface area contributed by atoms with Crippen molar-refractivity contribution in [2.24, 2.45) is 7.05 Å². The van der Waals surface area contributed by atoms with E-state index in [0.29, 0.717) is 6.04 Å². The summed E-state index contributed by atoms with van der Waals surface area (Å²) in [5.41, 5.74) is 7.00. The lowest BCUT2D eigenvalue weighted by Crippen LogP contribution is -2.18. The number of fused-ring (bicyclic) bond motifs is 1. The van der Waals surface area contributed by atoms with Crippen LogP contribution in [-0.4, -0.2) is 9.78 Å². The van der Waals surface area contributed by atoms with Gasteiger partial charge in [-0.2, -0.15) is 5.10 Å². The van der Waals surface area contributed by atoms with Crippen LogP contribution in [0.15, 0.2) is 24.4 Å². The second kappa shape index (κ2) is 5.41. The molecular weight excluding hydrogens is 246 g/mol. The predicted molar refractivity (Wildman–Crippen MR) is 81.7 cm³/mol. The van der Waals surface area contributed by atoms with Crippen LogP contribution in [0.25, 0.3) is 0 Å². The minimum Gasteiger partial charge on any atom is -0.306 e. The van der Waals surface area contributed by atoms with Gasteiger partial charge in [0.15, 0.2) is 0 Å². The van der Waals surface area contributed by atoms with Crippen molar-refractivity contribution < 1.29 is 0 Å². The number of nitrogens with zero attached hydrogens (tertiary/aromatic N) is 2. The lowest BCUT2D eigenvalue weighted by molar-refractivity contribution is 0.572. The molecule has 3 rings (SSSR count). The van der Waals surface area contributed by atoms with Crippen molar-refractivity contribution >= 4 is 0 Å². The van der Waals surface area contributed by atoms with Crippen LogP contribution < -0.4 is 5.32 Å². The number of benzene rings is 1. The largest absolute Gasteiger partial charge is 0.306 e. The lowest BCUT2D eigenvalue weighted by atomic mass is 10.0. The molecule has 0 fully saturated rings. The zero-order valence-electron chi connectivity index (χ0n) is 12.6. The fourth-order valence-corrected chi connectivity index (χ4v) is 2.96. The summed E-state index contributed by atoms with van der Waals surface area (Å²) in [7, 11) is 1.99. The van der Waals surface area contributed by atoms with E-state index in [9.17, 15) is 0 Å². The molecule has 0 spiro atoms. The molecule has 0 bridgehead atoms. The Morgan fingerprint density at radius 3 is 2.85 bits per heavy atom. The molecule has 0 radical (unpaired) electrons. The third-order valence-corrected chi connectivity index (χ3v) is 4.56. The van der Waals surface area contributed by atoms with Crippen LogP contribution in [0.1, 0.15) is 47.3 Å². The maximum atomic E-state index is 4.29. The number of aryl methyl sites for hydroxylation is 3. The second-order valence-electron chi connectivity index (χ2n) is 5.86. The van der Waals surface area contributed by atoms with Gasteiger partial charge in [-0.25, -0.2) is 0 Å². The topological polar surface area (TPSA) is 29.9 Å². The van der Waals surface area contributed by atoms with Gasteiger partial charge < -0.3 is 5.32 Å². The first-order valence-corrected chi connectivity index (χ1v) is 7.47. The third-order valence-electron chi connectivity index (χ3n) is 4.56. The molecule has 1 N–H and O–H groups in total. The average molecular weight is 269 g/mol. The Morgan fingerprint density at radius 2 is 2.10 bits per heavy atom. The van der Waals surface area contributed by atoms with E-state index < -0.39 is 0 Å². The van der Waals surface area contributed by atoms with Crippen LogP contribution in [0.5, 0.6) is 0 Å². The standard InChI is InChI=1S/C17H23N3/c1-12(18-10-17-11-19-20(3)13(17)2)15-8-7-14-5-4-6-16(14)9-15/h7-9,11-12,18H,4-6,10H2,1-3H3. The number of aromatic nitrogens is 2. The lowest BCUT2D eigenvalue weighted by Gasteiger charge is -2.15. The molecule has 1 atom stereocenters. The summed E-state index contributed by atoms with van der Waals surface area (Å²) in [6.45, 7) is 5.23. The number of rotatable bonds is 4. The highest BCUT2D eigenvalue weighted by atomic mass is 15.3. The van der Waals surface area contributed by atoms with E-state index in [-0.39, 0.29) is 0 Å². The van der Waals surface area contributed by atoms with Crippen LogP contribution in [0, 0.1) is 6.92 Å². The molecule has 106 valence electrons. The minimum atomic E-state index is 0.375. The fraction of sp³-hybridized carbons (Fsp3) is 0.471. The van der Waals surface area contributed by atoms with Gasteiger partial charge in [-0.1, -0.05) is 18.2 Å². The Hall–Kier alpha value is -1.61. The van der Waals surface area contributed by atoms with Gasteiger partial charge in [0.05, 0.1) is 6.20 Å². The summed E-state index contributed by atoms with van der Waals surface area (Å²) >= 11 is 0. The fourth-order valence-electron chi connectivity index (χ4n) is 2.96. The highest BCUT2D eigenvalue weighted by molar-refractivity contribution is 5.36. The van der Waals surface area contributed by atoms with Crippen molar-refractivity contribution in [3.63, 3.8) is 0 Å². The van der Waals surface area contributed by atoms with Crippen molar-refractivity contribution in [3.05, 3.63) is 52.3 Å². The Balaban J connectivity index is 1.67. The molecular formula is C17H23N3. The summed E-state index contributed by atoms with van der Waals surface area (Å²) in [5.74, 6) is 0. The van der Waals surface area contributed by atoms with Gasteiger partial charge in [-0.05, 0) is 49.8 Å². The van der Waals surface area contributed by atoms with Gasteiger partial charge in [-0.15, -0.1) is 0 Å². The van der Waals surface area contributed by atoms with E-state index in [4.69, 9.17) is 0 Å². The molecule has 1 aliphatic rings. The molecule has 0 saturated carbocycles. The van der Waals surface area contributed by atoms with Gasteiger partial charge in [0, 0.05) is 30.9 Å². The monoisotopic (exact) mass is 269 g/mol. The molecule has 3 nitrogen and oxygen atoms in total. The number of hydrogen-bond acceptors (Lipinski definition) is 2. The molecule has 1 heterocycles. The van der Waals surface area contributed by atoms with E-state index in [1.54, 1.807) is 11.1 Å². The van der Waals surface area contributed by atoms with Crippen LogP contribution in [0.2, 0.25) is 0 Å². The van der Waals surface area contributed by atoms with Crippen molar-refractivity contribution in [1.82, 2.24) is 15.1 Å². The summed E-state index contributed by atoms with van der Waals surface area (Å²) in [6, 6.07) is 7.35. The van der Waals surface area contributed by atoms with E-state index in [1.165, 1.54) is 36.1 Å². The first-order valence-electron chi connectivity index (χ1n) is 7.47. The Bertz CT molecular complexity index is 613. The molecule has 2 aromatic rings. The molecule has 1 aromatic carbocycles. The van der Waals surface area contributed by atoms with Crippen LogP contribution in [-0.2, 0) is 26.4 Å². The summed E-state index contributed by atoms with van der Waals surface area (Å²) in [5, 5.41) is 7.90. The number of hydrogen-bond donors (Lipinski definition) is 1. The van der Waals surface area contributed by atoms with Crippen LogP contribution in [0.3, 0.4) is 0 Å². The Kier molecular flexibility index (Phi) is 3.62. The molecule has 1 aliphatic carbocycles. The van der Waals surface area contributed by atoms with Gasteiger partial charge in [0.2, 0.25) is 0 Å². The maximum Gasteiger partial charge on any atom is 0.0537 e. The van der Waals surface area contributed by atoms with Crippen LogP contribution in [0.4, 0.5) is 0 Å². The number of nitrogens with one attached hydrogen (secondary N) is 1. The van der Waals surface area contributed by atoms with Crippen molar-refractivity contribution in [2.45, 2.75) is 45.7 Å². The Labute approximate surface area is 121 Å². The highest BCUT2D eigenvalue weighted by Crippen LogP contribution is 2.25. The molecule has 0 amide bonds. The van der Waals surface area contributed by atoms with E-state index in [0.717, 1.165) is 6.54 Å². The first kappa shape index (κ1) is 13.4. The molecule has 1 aromatic heterocycles. The second-order valence-corrected chi connectivity index (χ2v) is 5.86. The van der Waals surface area contributed by atoms with Crippen LogP contribution >= 0.6 is 0 Å². The van der Waals surface area contributed by atoms with Gasteiger partial charge in [0.25, 0.3) is 0 Å². The highest BCUT2D eigenvalue weighted by Gasteiger charge is 2.13. The predicted octanol–water partition coefficient (Wildman–Crippen LogP) is 3.07.